The van der Waals surface area contributed by atoms with E-state index in [2.05, 4.69) is 26.3 Å². The minimum atomic E-state index is 0.281. The van der Waals surface area contributed by atoms with Crippen molar-refractivity contribution in [2.45, 2.75) is 19.4 Å². The third-order valence-electron chi connectivity index (χ3n) is 2.94. The summed E-state index contributed by atoms with van der Waals surface area (Å²) < 4.78 is 0. The van der Waals surface area contributed by atoms with Gasteiger partial charge in [0.25, 0.3) is 0 Å². The molecule has 0 amide bonds. The van der Waals surface area contributed by atoms with Gasteiger partial charge in [0.2, 0.25) is 0 Å². The maximum absolute atomic E-state index is 5.94. The Bertz CT molecular complexity index is 522. The fourth-order valence-electron chi connectivity index (χ4n) is 2.16. The average molecular weight is 234 g/mol. The summed E-state index contributed by atoms with van der Waals surface area (Å²) in [4.78, 5) is 12.3. The molecular formula is C11H14N4S. The number of fused-ring (bicyclic) bond motifs is 1. The van der Waals surface area contributed by atoms with E-state index in [1.54, 1.807) is 11.3 Å². The fraction of sp³-hybridized carbons (Fsp3) is 0.455. The van der Waals surface area contributed by atoms with E-state index in [-0.39, 0.29) is 6.04 Å². The minimum absolute atomic E-state index is 0.281. The van der Waals surface area contributed by atoms with Crippen molar-refractivity contribution in [3.63, 3.8) is 0 Å². The predicted molar refractivity (Wildman–Crippen MR) is 67.0 cm³/mol. The van der Waals surface area contributed by atoms with Crippen molar-refractivity contribution in [1.82, 2.24) is 9.97 Å². The lowest BCUT2D eigenvalue weighted by atomic mass is 10.3. The largest absolute Gasteiger partial charge is 0.354 e. The lowest BCUT2D eigenvalue weighted by molar-refractivity contribution is 0.751. The van der Waals surface area contributed by atoms with Crippen molar-refractivity contribution >= 4 is 27.4 Å². The topological polar surface area (TPSA) is 55.0 Å². The van der Waals surface area contributed by atoms with Crippen LogP contribution in [0.1, 0.15) is 12.2 Å². The van der Waals surface area contributed by atoms with Crippen LogP contribution in [0.3, 0.4) is 0 Å². The smallest absolute Gasteiger partial charge is 0.141 e. The van der Waals surface area contributed by atoms with Crippen LogP contribution in [0.25, 0.3) is 10.2 Å². The van der Waals surface area contributed by atoms with Crippen LogP contribution in [0.15, 0.2) is 11.4 Å². The first-order valence-corrected chi connectivity index (χ1v) is 6.34. The summed E-state index contributed by atoms with van der Waals surface area (Å²) in [5, 5.41) is 3.22. The van der Waals surface area contributed by atoms with Gasteiger partial charge in [-0.2, -0.15) is 0 Å². The molecular weight excluding hydrogens is 220 g/mol. The van der Waals surface area contributed by atoms with Crippen LogP contribution in [-0.4, -0.2) is 29.1 Å². The van der Waals surface area contributed by atoms with Gasteiger partial charge in [-0.05, 0) is 24.8 Å². The highest BCUT2D eigenvalue weighted by Crippen LogP contribution is 2.29. The number of aryl methyl sites for hydroxylation is 1. The van der Waals surface area contributed by atoms with Gasteiger partial charge < -0.3 is 10.6 Å². The Kier molecular flexibility index (Phi) is 2.29. The molecule has 1 fully saturated rings. The molecule has 2 N–H and O–H groups in total. The molecule has 0 radical (unpaired) electrons. The Balaban J connectivity index is 2.11. The van der Waals surface area contributed by atoms with E-state index in [1.807, 2.05) is 6.92 Å². The molecule has 4 nitrogen and oxygen atoms in total. The highest BCUT2D eigenvalue weighted by Gasteiger charge is 2.22. The maximum atomic E-state index is 5.94. The lowest BCUT2D eigenvalue weighted by Crippen LogP contribution is -2.27. The molecule has 1 aliphatic heterocycles. The third-order valence-corrected chi connectivity index (χ3v) is 3.75. The number of nitrogens with two attached hydrogens (primary N) is 1. The molecule has 1 atom stereocenters. The van der Waals surface area contributed by atoms with Gasteiger partial charge in [-0.25, -0.2) is 9.97 Å². The van der Waals surface area contributed by atoms with Crippen molar-refractivity contribution in [2.75, 3.05) is 18.0 Å². The number of hydrogen-bond donors (Lipinski definition) is 1. The van der Waals surface area contributed by atoms with Gasteiger partial charge in [0, 0.05) is 19.1 Å². The molecule has 1 aliphatic rings. The number of rotatable bonds is 1. The second kappa shape index (κ2) is 3.68. The first-order chi connectivity index (χ1) is 7.74. The number of hydrogen-bond acceptors (Lipinski definition) is 5. The molecule has 2 aromatic heterocycles. The van der Waals surface area contributed by atoms with Gasteiger partial charge in [0.05, 0.1) is 5.39 Å². The van der Waals surface area contributed by atoms with Crippen molar-refractivity contribution in [1.29, 1.82) is 0 Å². The predicted octanol–water partition coefficient (Wildman–Crippen LogP) is 1.54. The zero-order valence-corrected chi connectivity index (χ0v) is 10.00. The Morgan fingerprint density at radius 1 is 1.50 bits per heavy atom. The van der Waals surface area contributed by atoms with Gasteiger partial charge in [0.1, 0.15) is 16.5 Å². The molecule has 0 bridgehead atoms. The molecule has 0 aromatic carbocycles. The minimum Gasteiger partial charge on any atom is -0.354 e. The summed E-state index contributed by atoms with van der Waals surface area (Å²) in [7, 11) is 0. The van der Waals surface area contributed by atoms with E-state index >= 15 is 0 Å². The SMILES string of the molecule is Cc1nc(N2CC[C@H](N)C2)c2ccsc2n1. The van der Waals surface area contributed by atoms with Crippen LogP contribution in [-0.2, 0) is 0 Å². The van der Waals surface area contributed by atoms with Crippen molar-refractivity contribution in [2.24, 2.45) is 5.73 Å². The van der Waals surface area contributed by atoms with Crippen molar-refractivity contribution in [3.05, 3.63) is 17.3 Å². The van der Waals surface area contributed by atoms with E-state index in [1.165, 1.54) is 0 Å². The Hall–Kier alpha value is -1.20. The zero-order valence-electron chi connectivity index (χ0n) is 9.18. The Labute approximate surface area is 98.1 Å². The van der Waals surface area contributed by atoms with Crippen molar-refractivity contribution < 1.29 is 0 Å². The Morgan fingerprint density at radius 3 is 3.12 bits per heavy atom. The summed E-state index contributed by atoms with van der Waals surface area (Å²) in [6.07, 6.45) is 1.05. The molecule has 84 valence electrons. The normalized spacial score (nSPS) is 20.9. The highest BCUT2D eigenvalue weighted by atomic mass is 32.1. The van der Waals surface area contributed by atoms with E-state index < -0.39 is 0 Å². The van der Waals surface area contributed by atoms with Crippen LogP contribution in [0, 0.1) is 6.92 Å². The van der Waals surface area contributed by atoms with Crippen LogP contribution in [0.2, 0.25) is 0 Å². The highest BCUT2D eigenvalue weighted by molar-refractivity contribution is 7.16. The maximum Gasteiger partial charge on any atom is 0.141 e. The second-order valence-corrected chi connectivity index (χ2v) is 5.12. The standard InChI is InChI=1S/C11H14N4S/c1-7-13-10(15-4-2-8(12)6-15)9-3-5-16-11(9)14-7/h3,5,8H,2,4,6,12H2,1H3/t8-/m0/s1. The molecule has 1 saturated heterocycles. The molecule has 0 unspecified atom stereocenters. The second-order valence-electron chi connectivity index (χ2n) is 4.23. The van der Waals surface area contributed by atoms with E-state index in [9.17, 15) is 0 Å². The van der Waals surface area contributed by atoms with E-state index in [0.29, 0.717) is 0 Å². The summed E-state index contributed by atoms with van der Waals surface area (Å²) in [6.45, 7) is 3.85. The third kappa shape index (κ3) is 1.56. The monoisotopic (exact) mass is 234 g/mol. The van der Waals surface area contributed by atoms with E-state index in [4.69, 9.17) is 5.73 Å². The zero-order chi connectivity index (χ0) is 11.1. The number of thiophene rings is 1. The molecule has 3 heterocycles. The number of nitrogens with zero attached hydrogens (tertiary/aromatic N) is 3. The summed E-state index contributed by atoms with van der Waals surface area (Å²) >= 11 is 1.67. The van der Waals surface area contributed by atoms with Gasteiger partial charge in [-0.1, -0.05) is 0 Å². The molecule has 16 heavy (non-hydrogen) atoms. The lowest BCUT2D eigenvalue weighted by Gasteiger charge is -2.17. The Morgan fingerprint density at radius 2 is 2.38 bits per heavy atom. The first kappa shape index (κ1) is 9.99. The van der Waals surface area contributed by atoms with Gasteiger partial charge in [-0.3, -0.25) is 0 Å². The number of anilines is 1. The molecule has 0 saturated carbocycles. The fourth-order valence-corrected chi connectivity index (χ4v) is 2.97. The quantitative estimate of drug-likeness (QED) is 0.813. The van der Waals surface area contributed by atoms with Crippen LogP contribution in [0.5, 0.6) is 0 Å². The van der Waals surface area contributed by atoms with E-state index in [0.717, 1.165) is 41.4 Å². The first-order valence-electron chi connectivity index (χ1n) is 5.46. The van der Waals surface area contributed by atoms with Gasteiger partial charge >= 0.3 is 0 Å². The summed E-state index contributed by atoms with van der Waals surface area (Å²) in [5.74, 6) is 1.89. The van der Waals surface area contributed by atoms with Crippen molar-refractivity contribution in [3.8, 4) is 0 Å². The summed E-state index contributed by atoms with van der Waals surface area (Å²) in [5.41, 5.74) is 5.94. The van der Waals surface area contributed by atoms with Crippen LogP contribution in [0.4, 0.5) is 5.82 Å². The molecule has 0 spiro atoms. The number of aromatic nitrogens is 2. The van der Waals surface area contributed by atoms with Gasteiger partial charge in [-0.15, -0.1) is 11.3 Å². The van der Waals surface area contributed by atoms with Gasteiger partial charge in [0.15, 0.2) is 0 Å². The molecule has 2 aromatic rings. The molecule has 0 aliphatic carbocycles. The molecule has 5 heteroatoms. The summed E-state index contributed by atoms with van der Waals surface area (Å²) in [6, 6.07) is 2.38. The molecule has 3 rings (SSSR count). The van der Waals surface area contributed by atoms with Crippen LogP contribution < -0.4 is 10.6 Å². The average Bonchev–Trinajstić information content (AvgIpc) is 2.84. The van der Waals surface area contributed by atoms with Crippen LogP contribution >= 0.6 is 11.3 Å².